The molecule has 0 bridgehead atoms. The lowest BCUT2D eigenvalue weighted by atomic mass is 10.3. The topological polar surface area (TPSA) is 47.0 Å². The SMILES string of the molecule is S=C(S)Nc1nnc(COc2ccc(Cl)cc2Cl)s1. The standard InChI is InChI=1S/C10H7Cl2N3OS3/c11-5-1-2-7(6(12)3-5)16-4-8-14-15-9(19-8)13-10(17)18/h1-3H,4H2,(H2,13,15,17,18). The Labute approximate surface area is 134 Å². The van der Waals surface area contributed by atoms with Crippen molar-refractivity contribution in [1.82, 2.24) is 10.2 Å². The molecule has 0 unspecified atom stereocenters. The van der Waals surface area contributed by atoms with Crippen molar-refractivity contribution in [2.24, 2.45) is 0 Å². The molecule has 0 saturated carbocycles. The number of hydrogen-bond acceptors (Lipinski definition) is 5. The summed E-state index contributed by atoms with van der Waals surface area (Å²) in [6, 6.07) is 5.02. The van der Waals surface area contributed by atoms with Crippen molar-refractivity contribution in [3.8, 4) is 5.75 Å². The zero-order valence-electron chi connectivity index (χ0n) is 9.26. The smallest absolute Gasteiger partial charge is 0.211 e. The summed E-state index contributed by atoms with van der Waals surface area (Å²) in [5.41, 5.74) is 0. The quantitative estimate of drug-likeness (QED) is 0.642. The molecule has 1 aromatic carbocycles. The highest BCUT2D eigenvalue weighted by Crippen LogP contribution is 2.28. The van der Waals surface area contributed by atoms with E-state index < -0.39 is 0 Å². The number of thiocarbonyl (C=S) groups is 1. The molecule has 0 aliphatic heterocycles. The van der Waals surface area contributed by atoms with E-state index in [0.29, 0.717) is 30.3 Å². The van der Waals surface area contributed by atoms with Crippen molar-refractivity contribution in [3.05, 3.63) is 33.3 Å². The Morgan fingerprint density at radius 2 is 2.21 bits per heavy atom. The van der Waals surface area contributed by atoms with Crippen LogP contribution in [0.2, 0.25) is 10.0 Å². The summed E-state index contributed by atoms with van der Waals surface area (Å²) in [4.78, 5) is 0. The molecular weight excluding hydrogens is 345 g/mol. The molecule has 1 heterocycles. The van der Waals surface area contributed by atoms with E-state index >= 15 is 0 Å². The third kappa shape index (κ3) is 4.47. The van der Waals surface area contributed by atoms with Gasteiger partial charge < -0.3 is 10.1 Å². The normalized spacial score (nSPS) is 10.3. The molecule has 1 N–H and O–H groups in total. The van der Waals surface area contributed by atoms with E-state index in [9.17, 15) is 0 Å². The van der Waals surface area contributed by atoms with E-state index in [-0.39, 0.29) is 6.61 Å². The van der Waals surface area contributed by atoms with Crippen LogP contribution in [-0.4, -0.2) is 14.5 Å². The summed E-state index contributed by atoms with van der Waals surface area (Å²) < 4.78 is 5.87. The maximum atomic E-state index is 5.99. The average Bonchev–Trinajstić information content (AvgIpc) is 2.74. The minimum absolute atomic E-state index is 0.264. The lowest BCUT2D eigenvalue weighted by Gasteiger charge is -2.05. The van der Waals surface area contributed by atoms with Gasteiger partial charge in [-0.1, -0.05) is 46.8 Å². The summed E-state index contributed by atoms with van der Waals surface area (Å²) in [6.45, 7) is 0.264. The fourth-order valence-corrected chi connectivity index (χ4v) is 2.65. The molecule has 2 aromatic rings. The summed E-state index contributed by atoms with van der Waals surface area (Å²) in [6.07, 6.45) is 0. The number of benzene rings is 1. The van der Waals surface area contributed by atoms with E-state index in [2.05, 4.69) is 28.1 Å². The highest BCUT2D eigenvalue weighted by atomic mass is 35.5. The number of hydrogen-bond donors (Lipinski definition) is 2. The third-order valence-corrected chi connectivity index (χ3v) is 3.48. The van der Waals surface area contributed by atoms with Gasteiger partial charge in [-0.3, -0.25) is 0 Å². The first-order chi connectivity index (χ1) is 9.04. The fourth-order valence-electron chi connectivity index (χ4n) is 1.19. The molecule has 2 rings (SSSR count). The van der Waals surface area contributed by atoms with Gasteiger partial charge in [-0.25, -0.2) is 0 Å². The van der Waals surface area contributed by atoms with Crippen LogP contribution in [0.3, 0.4) is 0 Å². The highest BCUT2D eigenvalue weighted by Gasteiger charge is 2.07. The highest BCUT2D eigenvalue weighted by molar-refractivity contribution is 8.11. The lowest BCUT2D eigenvalue weighted by molar-refractivity contribution is 0.305. The van der Waals surface area contributed by atoms with Gasteiger partial charge in [0.05, 0.1) is 5.02 Å². The molecule has 1 aromatic heterocycles. The molecular formula is C10H7Cl2N3OS3. The molecule has 4 nitrogen and oxygen atoms in total. The van der Waals surface area contributed by atoms with Crippen molar-refractivity contribution in [2.75, 3.05) is 5.32 Å². The average molecular weight is 352 g/mol. The number of nitrogens with one attached hydrogen (secondary N) is 1. The Morgan fingerprint density at radius 1 is 1.42 bits per heavy atom. The van der Waals surface area contributed by atoms with Gasteiger partial charge in [0.2, 0.25) is 5.13 Å². The molecule has 100 valence electrons. The predicted octanol–water partition coefficient (Wildman–Crippen LogP) is 4.05. The second-order valence-corrected chi connectivity index (χ2v) is 6.36. The molecule has 0 spiro atoms. The fraction of sp³-hybridized carbons (Fsp3) is 0.100. The van der Waals surface area contributed by atoms with Crippen LogP contribution in [0.15, 0.2) is 18.2 Å². The number of nitrogens with zero attached hydrogens (tertiary/aromatic N) is 2. The first-order valence-corrected chi connectivity index (χ1v) is 7.37. The minimum atomic E-state index is 0.264. The number of aromatic nitrogens is 2. The largest absolute Gasteiger partial charge is 0.485 e. The molecule has 0 aliphatic rings. The van der Waals surface area contributed by atoms with Crippen molar-refractivity contribution >= 4 is 68.8 Å². The summed E-state index contributed by atoms with van der Waals surface area (Å²) in [5, 5.41) is 12.9. The van der Waals surface area contributed by atoms with Gasteiger partial charge in [0.25, 0.3) is 0 Å². The molecule has 19 heavy (non-hydrogen) atoms. The zero-order valence-corrected chi connectivity index (χ0v) is 13.3. The van der Waals surface area contributed by atoms with E-state index in [1.165, 1.54) is 11.3 Å². The minimum Gasteiger partial charge on any atom is -0.485 e. The Hall–Kier alpha value is -0.600. The number of halogens is 2. The molecule has 0 aliphatic carbocycles. The van der Waals surface area contributed by atoms with Crippen LogP contribution in [0.1, 0.15) is 5.01 Å². The lowest BCUT2D eigenvalue weighted by Crippen LogP contribution is -1.99. The van der Waals surface area contributed by atoms with Gasteiger partial charge in [0.15, 0.2) is 5.01 Å². The van der Waals surface area contributed by atoms with E-state index in [0.717, 1.165) is 0 Å². The maximum absolute atomic E-state index is 5.99. The van der Waals surface area contributed by atoms with Gasteiger partial charge in [0, 0.05) is 5.02 Å². The Balaban J connectivity index is 1.98. The second-order valence-electron chi connectivity index (χ2n) is 3.29. The number of thiol groups is 1. The summed E-state index contributed by atoms with van der Waals surface area (Å²) in [5.74, 6) is 0.542. The van der Waals surface area contributed by atoms with Crippen LogP contribution in [0.4, 0.5) is 5.13 Å². The molecule has 9 heteroatoms. The molecule has 0 fully saturated rings. The predicted molar refractivity (Wildman–Crippen MR) is 85.9 cm³/mol. The molecule has 0 amide bonds. The third-order valence-electron chi connectivity index (χ3n) is 1.93. The second kappa shape index (κ2) is 6.71. The first-order valence-electron chi connectivity index (χ1n) is 4.95. The Morgan fingerprint density at radius 3 is 2.89 bits per heavy atom. The maximum Gasteiger partial charge on any atom is 0.211 e. The molecule has 0 radical (unpaired) electrons. The van der Waals surface area contributed by atoms with Crippen LogP contribution >= 0.6 is 59.4 Å². The van der Waals surface area contributed by atoms with Crippen molar-refractivity contribution in [2.45, 2.75) is 6.61 Å². The van der Waals surface area contributed by atoms with E-state index in [1.807, 2.05) is 0 Å². The Bertz CT molecular complexity index is 605. The van der Waals surface area contributed by atoms with Crippen LogP contribution in [0, 0.1) is 0 Å². The molecule has 0 atom stereocenters. The van der Waals surface area contributed by atoms with Crippen molar-refractivity contribution < 1.29 is 4.74 Å². The number of anilines is 1. The van der Waals surface area contributed by atoms with Crippen molar-refractivity contribution in [1.29, 1.82) is 0 Å². The van der Waals surface area contributed by atoms with E-state index in [1.54, 1.807) is 18.2 Å². The first kappa shape index (κ1) is 14.8. The monoisotopic (exact) mass is 351 g/mol. The van der Waals surface area contributed by atoms with E-state index in [4.69, 9.17) is 40.2 Å². The van der Waals surface area contributed by atoms with Gasteiger partial charge in [-0.05, 0) is 18.2 Å². The Kier molecular flexibility index (Phi) is 5.23. The van der Waals surface area contributed by atoms with Gasteiger partial charge in [0.1, 0.15) is 16.7 Å². The summed E-state index contributed by atoms with van der Waals surface area (Å²) >= 11 is 21.8. The zero-order chi connectivity index (χ0) is 13.8. The van der Waals surface area contributed by atoms with Gasteiger partial charge in [-0.2, -0.15) is 0 Å². The number of ether oxygens (including phenoxy) is 1. The van der Waals surface area contributed by atoms with Crippen LogP contribution in [0.5, 0.6) is 5.75 Å². The number of rotatable bonds is 4. The summed E-state index contributed by atoms with van der Waals surface area (Å²) in [7, 11) is 0. The van der Waals surface area contributed by atoms with Crippen LogP contribution in [-0.2, 0) is 6.61 Å². The van der Waals surface area contributed by atoms with Crippen LogP contribution < -0.4 is 10.1 Å². The van der Waals surface area contributed by atoms with Gasteiger partial charge in [-0.15, -0.1) is 22.8 Å². The van der Waals surface area contributed by atoms with Crippen molar-refractivity contribution in [3.63, 3.8) is 0 Å². The van der Waals surface area contributed by atoms with Crippen LogP contribution in [0.25, 0.3) is 0 Å². The van der Waals surface area contributed by atoms with Gasteiger partial charge >= 0.3 is 0 Å². The molecule has 0 saturated heterocycles.